The molecular formula is C12H10N2O3. The third-order valence-corrected chi connectivity index (χ3v) is 2.22. The lowest BCUT2D eigenvalue weighted by molar-refractivity contribution is 0.0689. The van der Waals surface area contributed by atoms with Gasteiger partial charge in [-0.1, -0.05) is 30.3 Å². The smallest absolute Gasteiger partial charge is 0.354 e. The highest BCUT2D eigenvalue weighted by atomic mass is 16.4. The minimum atomic E-state index is -1.20. The molecule has 0 aliphatic rings. The van der Waals surface area contributed by atoms with E-state index in [1.165, 1.54) is 0 Å². The summed E-state index contributed by atoms with van der Waals surface area (Å²) in [6.45, 7) is 0. The Kier molecular flexibility index (Phi) is 3.00. The van der Waals surface area contributed by atoms with Crippen LogP contribution in [0.5, 0.6) is 0 Å². The van der Waals surface area contributed by atoms with Crippen molar-refractivity contribution in [3.63, 3.8) is 0 Å². The van der Waals surface area contributed by atoms with Crippen LogP contribution < -0.4 is 5.56 Å². The number of nitrogens with one attached hydrogen (secondary N) is 1. The van der Waals surface area contributed by atoms with E-state index in [1.54, 1.807) is 0 Å². The molecule has 1 heterocycles. The Morgan fingerprint density at radius 2 is 2.00 bits per heavy atom. The number of aromatic amines is 1. The van der Waals surface area contributed by atoms with E-state index in [9.17, 15) is 9.59 Å². The van der Waals surface area contributed by atoms with Crippen LogP contribution in [-0.4, -0.2) is 21.0 Å². The molecule has 17 heavy (non-hydrogen) atoms. The molecule has 0 radical (unpaired) electrons. The fourth-order valence-corrected chi connectivity index (χ4v) is 1.49. The van der Waals surface area contributed by atoms with Crippen LogP contribution in [0.4, 0.5) is 0 Å². The van der Waals surface area contributed by atoms with Crippen molar-refractivity contribution in [3.8, 4) is 0 Å². The van der Waals surface area contributed by atoms with Gasteiger partial charge in [-0.05, 0) is 5.56 Å². The fourth-order valence-electron chi connectivity index (χ4n) is 1.49. The van der Waals surface area contributed by atoms with Gasteiger partial charge < -0.3 is 10.1 Å². The molecule has 0 unspecified atom stereocenters. The van der Waals surface area contributed by atoms with E-state index in [0.717, 1.165) is 11.6 Å². The molecule has 2 rings (SSSR count). The first-order chi connectivity index (χ1) is 8.15. The predicted molar refractivity (Wildman–Crippen MR) is 61.1 cm³/mol. The number of aromatic carboxylic acids is 1. The van der Waals surface area contributed by atoms with E-state index in [-0.39, 0.29) is 5.69 Å². The Hall–Kier alpha value is -2.43. The van der Waals surface area contributed by atoms with Gasteiger partial charge in [-0.2, -0.15) is 0 Å². The zero-order valence-electron chi connectivity index (χ0n) is 8.88. The number of carboxylic acid groups (broad SMARTS) is 1. The standard InChI is InChI=1S/C12H10N2O3/c15-11-7-9(12(16)17)13-10(14-11)6-8-4-2-1-3-5-8/h1-5,7H,6H2,(H,16,17)(H,13,14,15). The minimum absolute atomic E-state index is 0.236. The summed E-state index contributed by atoms with van der Waals surface area (Å²) < 4.78 is 0. The van der Waals surface area contributed by atoms with Gasteiger partial charge in [0.2, 0.25) is 0 Å². The summed E-state index contributed by atoms with van der Waals surface area (Å²) in [4.78, 5) is 28.4. The monoisotopic (exact) mass is 230 g/mol. The van der Waals surface area contributed by atoms with E-state index in [4.69, 9.17) is 5.11 Å². The van der Waals surface area contributed by atoms with Gasteiger partial charge >= 0.3 is 5.97 Å². The zero-order chi connectivity index (χ0) is 12.3. The molecule has 0 atom stereocenters. The fraction of sp³-hybridized carbons (Fsp3) is 0.0833. The van der Waals surface area contributed by atoms with Crippen molar-refractivity contribution < 1.29 is 9.90 Å². The van der Waals surface area contributed by atoms with Gasteiger partial charge in [-0.3, -0.25) is 4.79 Å². The SMILES string of the molecule is O=C(O)c1cc(=O)[nH]c(Cc2ccccc2)n1. The zero-order valence-corrected chi connectivity index (χ0v) is 8.88. The third kappa shape index (κ3) is 2.78. The molecule has 0 aliphatic carbocycles. The molecule has 5 nitrogen and oxygen atoms in total. The Bertz CT molecular complexity index is 590. The maximum atomic E-state index is 11.2. The lowest BCUT2D eigenvalue weighted by Gasteiger charge is -2.01. The van der Waals surface area contributed by atoms with Gasteiger partial charge in [0.15, 0.2) is 5.69 Å². The van der Waals surface area contributed by atoms with E-state index in [0.29, 0.717) is 12.2 Å². The van der Waals surface area contributed by atoms with E-state index in [1.807, 2.05) is 30.3 Å². The summed E-state index contributed by atoms with van der Waals surface area (Å²) >= 11 is 0. The van der Waals surface area contributed by atoms with Crippen molar-refractivity contribution in [2.75, 3.05) is 0 Å². The topological polar surface area (TPSA) is 83.0 Å². The van der Waals surface area contributed by atoms with Gasteiger partial charge in [0, 0.05) is 12.5 Å². The molecule has 0 aliphatic heterocycles. The van der Waals surface area contributed by atoms with E-state index >= 15 is 0 Å². The molecule has 0 amide bonds. The van der Waals surface area contributed by atoms with Gasteiger partial charge in [-0.25, -0.2) is 9.78 Å². The lowest BCUT2D eigenvalue weighted by Crippen LogP contribution is -2.15. The molecule has 2 N–H and O–H groups in total. The number of rotatable bonds is 3. The Morgan fingerprint density at radius 3 is 2.65 bits per heavy atom. The van der Waals surface area contributed by atoms with Crippen molar-refractivity contribution in [1.29, 1.82) is 0 Å². The maximum Gasteiger partial charge on any atom is 0.354 e. The van der Waals surface area contributed by atoms with Crippen molar-refractivity contribution in [2.45, 2.75) is 6.42 Å². The molecule has 86 valence electrons. The van der Waals surface area contributed by atoms with Crippen LogP contribution in [-0.2, 0) is 6.42 Å². The molecule has 0 saturated heterocycles. The number of hydrogen-bond donors (Lipinski definition) is 2. The first-order valence-electron chi connectivity index (χ1n) is 5.02. The predicted octanol–water partition coefficient (Wildman–Crippen LogP) is 1.06. The molecule has 1 aromatic heterocycles. The Balaban J connectivity index is 2.34. The summed E-state index contributed by atoms with van der Waals surface area (Å²) in [5.41, 5.74) is 0.265. The summed E-state index contributed by atoms with van der Waals surface area (Å²) in [7, 11) is 0. The second-order valence-corrected chi connectivity index (χ2v) is 3.54. The molecule has 0 spiro atoms. The van der Waals surface area contributed by atoms with Crippen LogP contribution in [0.3, 0.4) is 0 Å². The largest absolute Gasteiger partial charge is 0.477 e. The van der Waals surface area contributed by atoms with Crippen LogP contribution >= 0.6 is 0 Å². The van der Waals surface area contributed by atoms with Crippen molar-refractivity contribution in [3.05, 3.63) is 63.8 Å². The molecule has 0 saturated carbocycles. The van der Waals surface area contributed by atoms with Crippen LogP contribution in [0, 0.1) is 0 Å². The summed E-state index contributed by atoms with van der Waals surface area (Å²) in [6, 6.07) is 10.4. The molecular weight excluding hydrogens is 220 g/mol. The van der Waals surface area contributed by atoms with Crippen molar-refractivity contribution in [1.82, 2.24) is 9.97 Å². The quantitative estimate of drug-likeness (QED) is 0.825. The number of benzene rings is 1. The van der Waals surface area contributed by atoms with Gasteiger partial charge in [-0.15, -0.1) is 0 Å². The van der Waals surface area contributed by atoms with Crippen molar-refractivity contribution in [2.24, 2.45) is 0 Å². The van der Waals surface area contributed by atoms with Crippen LogP contribution in [0.2, 0.25) is 0 Å². The second-order valence-electron chi connectivity index (χ2n) is 3.54. The van der Waals surface area contributed by atoms with Gasteiger partial charge in [0.25, 0.3) is 5.56 Å². The molecule has 0 bridgehead atoms. The summed E-state index contributed by atoms with van der Waals surface area (Å²) in [6.07, 6.45) is 0.400. The average Bonchev–Trinajstić information content (AvgIpc) is 2.29. The Labute approximate surface area is 96.8 Å². The third-order valence-electron chi connectivity index (χ3n) is 2.22. The molecule has 2 aromatic rings. The highest BCUT2D eigenvalue weighted by Crippen LogP contribution is 2.04. The number of aromatic nitrogens is 2. The normalized spacial score (nSPS) is 10.1. The molecule has 0 fully saturated rings. The second kappa shape index (κ2) is 4.61. The number of carboxylic acids is 1. The van der Waals surface area contributed by atoms with Crippen molar-refractivity contribution >= 4 is 5.97 Å². The number of hydrogen-bond acceptors (Lipinski definition) is 3. The van der Waals surface area contributed by atoms with Gasteiger partial charge in [0.05, 0.1) is 0 Å². The first-order valence-corrected chi connectivity index (χ1v) is 5.02. The number of nitrogens with zero attached hydrogens (tertiary/aromatic N) is 1. The van der Waals surface area contributed by atoms with Crippen LogP contribution in [0.25, 0.3) is 0 Å². The van der Waals surface area contributed by atoms with Crippen LogP contribution in [0.15, 0.2) is 41.2 Å². The summed E-state index contributed by atoms with van der Waals surface area (Å²) in [5, 5.41) is 8.78. The Morgan fingerprint density at radius 1 is 1.29 bits per heavy atom. The summed E-state index contributed by atoms with van der Waals surface area (Å²) in [5.74, 6) is -0.855. The van der Waals surface area contributed by atoms with E-state index in [2.05, 4.69) is 9.97 Å². The van der Waals surface area contributed by atoms with Crippen LogP contribution in [0.1, 0.15) is 21.9 Å². The first kappa shape index (κ1) is 11.1. The molecule has 5 heteroatoms. The highest BCUT2D eigenvalue weighted by Gasteiger charge is 2.08. The average molecular weight is 230 g/mol. The number of carbonyl (C=O) groups is 1. The highest BCUT2D eigenvalue weighted by molar-refractivity contribution is 5.85. The number of H-pyrrole nitrogens is 1. The minimum Gasteiger partial charge on any atom is -0.477 e. The van der Waals surface area contributed by atoms with Gasteiger partial charge in [0.1, 0.15) is 5.82 Å². The molecule has 1 aromatic carbocycles. The lowest BCUT2D eigenvalue weighted by atomic mass is 10.1. The maximum absolute atomic E-state index is 11.2. The van der Waals surface area contributed by atoms with E-state index < -0.39 is 11.5 Å².